The number of benzene rings is 1. The van der Waals surface area contributed by atoms with Crippen LogP contribution in [0.25, 0.3) is 22.2 Å². The molecule has 0 radical (unpaired) electrons. The second-order valence-electron chi connectivity index (χ2n) is 3.90. The van der Waals surface area contributed by atoms with Gasteiger partial charge in [0.15, 0.2) is 5.76 Å². The molecule has 4 nitrogen and oxygen atoms in total. The number of halogens is 1. The van der Waals surface area contributed by atoms with Crippen molar-refractivity contribution in [1.29, 1.82) is 0 Å². The molecule has 2 N–H and O–H groups in total. The molecule has 0 bridgehead atoms. The van der Waals surface area contributed by atoms with Crippen LogP contribution >= 0.6 is 15.9 Å². The average Bonchev–Trinajstić information content (AvgIpc) is 2.84. The quantitative estimate of drug-likeness (QED) is 0.749. The first-order chi connectivity index (χ1) is 8.18. The molecule has 0 aliphatic heterocycles. The lowest BCUT2D eigenvalue weighted by Crippen LogP contribution is -1.84. The molecule has 0 saturated carbocycles. The third kappa shape index (κ3) is 1.46. The van der Waals surface area contributed by atoms with Crippen LogP contribution in [-0.4, -0.2) is 9.72 Å². The van der Waals surface area contributed by atoms with Gasteiger partial charge < -0.3 is 14.8 Å². The maximum absolute atomic E-state index is 5.83. The molecule has 3 rings (SSSR count). The van der Waals surface area contributed by atoms with Crippen LogP contribution < -0.4 is 5.73 Å². The number of nitrogens with zero attached hydrogens (tertiary/aromatic N) is 2. The van der Waals surface area contributed by atoms with E-state index in [0.29, 0.717) is 11.4 Å². The lowest BCUT2D eigenvalue weighted by molar-refractivity contribution is 0.433. The Morgan fingerprint density at radius 3 is 2.94 bits per heavy atom. The van der Waals surface area contributed by atoms with Crippen molar-refractivity contribution in [2.24, 2.45) is 7.05 Å². The van der Waals surface area contributed by atoms with Gasteiger partial charge in [0.2, 0.25) is 0 Å². The molecule has 0 atom stereocenters. The minimum absolute atomic E-state index is 0.553. The topological polar surface area (TPSA) is 57.0 Å². The van der Waals surface area contributed by atoms with Gasteiger partial charge in [-0.3, -0.25) is 0 Å². The molecular formula is C12H10BrN3O. The van der Waals surface area contributed by atoms with Gasteiger partial charge in [0.05, 0.1) is 11.7 Å². The van der Waals surface area contributed by atoms with Gasteiger partial charge in [0.25, 0.3) is 0 Å². The van der Waals surface area contributed by atoms with Crippen molar-refractivity contribution in [2.45, 2.75) is 0 Å². The van der Waals surface area contributed by atoms with Crippen LogP contribution in [0.15, 0.2) is 39.6 Å². The van der Waals surface area contributed by atoms with Crippen molar-refractivity contribution in [3.8, 4) is 11.3 Å². The third-order valence-electron chi connectivity index (χ3n) is 2.80. The zero-order valence-electron chi connectivity index (χ0n) is 9.14. The monoisotopic (exact) mass is 291 g/mol. The minimum Gasteiger partial charge on any atom is -0.394 e. The summed E-state index contributed by atoms with van der Waals surface area (Å²) in [5.41, 5.74) is 8.45. The number of hydrogen-bond donors (Lipinski definition) is 1. The Hall–Kier alpha value is -1.75. The van der Waals surface area contributed by atoms with Crippen LogP contribution in [0.4, 0.5) is 5.69 Å². The lowest BCUT2D eigenvalue weighted by atomic mass is 10.1. The molecule has 5 heteroatoms. The number of anilines is 1. The van der Waals surface area contributed by atoms with Crippen LogP contribution in [0.5, 0.6) is 0 Å². The van der Waals surface area contributed by atoms with E-state index in [9.17, 15) is 0 Å². The number of hydrogen-bond acceptors (Lipinski definition) is 3. The summed E-state index contributed by atoms with van der Waals surface area (Å²) < 4.78 is 8.29. The van der Waals surface area contributed by atoms with Gasteiger partial charge in [-0.25, -0.2) is 0 Å². The average molecular weight is 292 g/mol. The standard InChI is InChI=1S/C12H10BrN3O/c1-16-6-8(12-10(14)5-15-17-12)7-3-2-4-9(13)11(7)16/h2-6H,14H2,1H3. The van der Waals surface area contributed by atoms with Crippen molar-refractivity contribution < 1.29 is 4.52 Å². The SMILES string of the molecule is Cn1cc(-c2oncc2N)c2cccc(Br)c21. The minimum atomic E-state index is 0.553. The van der Waals surface area contributed by atoms with Crippen LogP contribution in [0.2, 0.25) is 0 Å². The van der Waals surface area contributed by atoms with Crippen LogP contribution in [-0.2, 0) is 7.05 Å². The third-order valence-corrected chi connectivity index (χ3v) is 3.43. The fourth-order valence-corrected chi connectivity index (χ4v) is 2.70. The molecule has 0 aliphatic rings. The number of aromatic nitrogens is 2. The summed E-state index contributed by atoms with van der Waals surface area (Å²) >= 11 is 3.54. The number of aryl methyl sites for hydroxylation is 1. The molecule has 0 amide bonds. The summed E-state index contributed by atoms with van der Waals surface area (Å²) in [5, 5.41) is 4.80. The maximum Gasteiger partial charge on any atom is 0.191 e. The lowest BCUT2D eigenvalue weighted by Gasteiger charge is -1.98. The highest BCUT2D eigenvalue weighted by atomic mass is 79.9. The van der Waals surface area contributed by atoms with Gasteiger partial charge in [-0.05, 0) is 22.0 Å². The van der Waals surface area contributed by atoms with Gasteiger partial charge in [0, 0.05) is 28.7 Å². The highest BCUT2D eigenvalue weighted by molar-refractivity contribution is 9.10. The first-order valence-corrected chi connectivity index (χ1v) is 5.92. The number of nitrogen functional groups attached to an aromatic ring is 1. The van der Waals surface area contributed by atoms with Crippen molar-refractivity contribution in [3.05, 3.63) is 35.1 Å². The van der Waals surface area contributed by atoms with Crippen molar-refractivity contribution >= 4 is 32.5 Å². The number of para-hydroxylation sites is 1. The Kier molecular flexibility index (Phi) is 2.22. The van der Waals surface area contributed by atoms with E-state index in [1.165, 1.54) is 6.20 Å². The fraction of sp³-hybridized carbons (Fsp3) is 0.0833. The Labute approximate surface area is 106 Å². The fourth-order valence-electron chi connectivity index (χ4n) is 2.05. The summed E-state index contributed by atoms with van der Waals surface area (Å²) in [4.78, 5) is 0. The number of fused-ring (bicyclic) bond motifs is 1. The van der Waals surface area contributed by atoms with Crippen molar-refractivity contribution in [2.75, 3.05) is 5.73 Å². The summed E-state index contributed by atoms with van der Waals surface area (Å²) in [6.07, 6.45) is 3.51. The van der Waals surface area contributed by atoms with E-state index in [2.05, 4.69) is 21.1 Å². The molecule has 0 aliphatic carbocycles. The summed E-state index contributed by atoms with van der Waals surface area (Å²) in [7, 11) is 1.99. The predicted molar refractivity (Wildman–Crippen MR) is 70.5 cm³/mol. The van der Waals surface area contributed by atoms with E-state index in [0.717, 1.165) is 20.9 Å². The summed E-state index contributed by atoms with van der Waals surface area (Å²) in [6, 6.07) is 6.04. The Morgan fingerprint density at radius 2 is 2.24 bits per heavy atom. The van der Waals surface area contributed by atoms with E-state index in [-0.39, 0.29) is 0 Å². The van der Waals surface area contributed by atoms with Crippen molar-refractivity contribution in [1.82, 2.24) is 9.72 Å². The van der Waals surface area contributed by atoms with E-state index < -0.39 is 0 Å². The van der Waals surface area contributed by atoms with Crippen molar-refractivity contribution in [3.63, 3.8) is 0 Å². The number of nitrogens with two attached hydrogens (primary N) is 1. The molecule has 2 aromatic heterocycles. The first-order valence-electron chi connectivity index (χ1n) is 5.12. The van der Waals surface area contributed by atoms with Gasteiger partial charge in [-0.2, -0.15) is 0 Å². The van der Waals surface area contributed by atoms with Gasteiger partial charge in [-0.1, -0.05) is 17.3 Å². The maximum atomic E-state index is 5.83. The second-order valence-corrected chi connectivity index (χ2v) is 4.75. The highest BCUT2D eigenvalue weighted by Gasteiger charge is 2.15. The molecule has 0 fully saturated rings. The largest absolute Gasteiger partial charge is 0.394 e. The zero-order valence-corrected chi connectivity index (χ0v) is 10.7. The van der Waals surface area contributed by atoms with Crippen LogP contribution in [0.1, 0.15) is 0 Å². The smallest absolute Gasteiger partial charge is 0.191 e. The molecule has 2 heterocycles. The van der Waals surface area contributed by atoms with Crippen LogP contribution in [0, 0.1) is 0 Å². The second kappa shape index (κ2) is 3.63. The number of rotatable bonds is 1. The Bertz CT molecular complexity index is 699. The van der Waals surface area contributed by atoms with Gasteiger partial charge in [0.1, 0.15) is 5.69 Å². The highest BCUT2D eigenvalue weighted by Crippen LogP contribution is 2.36. The van der Waals surface area contributed by atoms with E-state index in [4.69, 9.17) is 10.3 Å². The molecule has 17 heavy (non-hydrogen) atoms. The molecule has 86 valence electrons. The molecular weight excluding hydrogens is 282 g/mol. The molecule has 0 saturated heterocycles. The Morgan fingerprint density at radius 1 is 1.41 bits per heavy atom. The molecule has 3 aromatic rings. The van der Waals surface area contributed by atoms with Crippen LogP contribution in [0.3, 0.4) is 0 Å². The van der Waals surface area contributed by atoms with E-state index in [1.54, 1.807) is 0 Å². The molecule has 1 aromatic carbocycles. The Balaban J connectivity index is 2.40. The van der Waals surface area contributed by atoms with Gasteiger partial charge in [-0.15, -0.1) is 0 Å². The summed E-state index contributed by atoms with van der Waals surface area (Å²) in [6.45, 7) is 0. The van der Waals surface area contributed by atoms with E-state index in [1.807, 2.05) is 36.0 Å². The molecule has 0 spiro atoms. The molecule has 0 unspecified atom stereocenters. The summed E-state index contributed by atoms with van der Waals surface area (Å²) in [5.74, 6) is 0.619. The first kappa shape index (κ1) is 10.4. The van der Waals surface area contributed by atoms with E-state index >= 15 is 0 Å². The predicted octanol–water partition coefficient (Wildman–Crippen LogP) is 3.18. The van der Waals surface area contributed by atoms with Gasteiger partial charge >= 0.3 is 0 Å². The zero-order chi connectivity index (χ0) is 12.0. The normalized spacial score (nSPS) is 11.2.